The van der Waals surface area contributed by atoms with E-state index in [2.05, 4.69) is 83.1 Å². The van der Waals surface area contributed by atoms with Gasteiger partial charge in [0.15, 0.2) is 0 Å². The molecule has 2 aromatic rings. The number of hydrogen-bond acceptors (Lipinski definition) is 0. The molecule has 0 aliphatic rings. The maximum absolute atomic E-state index is 12.6. The molecule has 0 saturated heterocycles. The third kappa shape index (κ3) is 11.7. The van der Waals surface area contributed by atoms with E-state index in [4.69, 9.17) is 0 Å². The van der Waals surface area contributed by atoms with Gasteiger partial charge >= 0.3 is 12.4 Å². The molecule has 0 amide bonds. The van der Waals surface area contributed by atoms with Crippen molar-refractivity contribution >= 4 is 26.5 Å². The first-order valence-electron chi connectivity index (χ1n) is 12.6. The van der Waals surface area contributed by atoms with Crippen LogP contribution in [-0.2, 0) is 32.8 Å². The van der Waals surface area contributed by atoms with Gasteiger partial charge in [0, 0.05) is 20.4 Å². The largest absolute Gasteiger partial charge is 0.416 e. The Morgan fingerprint density at radius 2 is 0.564 bits per heavy atom. The summed E-state index contributed by atoms with van der Waals surface area (Å²) in [6.07, 6.45) is -8.52. The summed E-state index contributed by atoms with van der Waals surface area (Å²) in [6, 6.07) is 11.4. The topological polar surface area (TPSA) is 0 Å². The second-order valence-corrected chi connectivity index (χ2v) is 21.2. The number of alkyl halides is 6. The summed E-state index contributed by atoms with van der Waals surface area (Å²) in [7, 11) is -1.11. The molecule has 0 radical (unpaired) electrons. The van der Waals surface area contributed by atoms with Crippen LogP contribution in [-0.4, -0.2) is 20.6 Å². The van der Waals surface area contributed by atoms with Gasteiger partial charge in [-0.1, -0.05) is 123 Å². The van der Waals surface area contributed by atoms with Gasteiger partial charge in [0.1, 0.15) is 0 Å². The van der Waals surface area contributed by atoms with Crippen molar-refractivity contribution in [3.63, 3.8) is 0 Å². The van der Waals surface area contributed by atoms with Gasteiger partial charge < -0.3 is 0 Å². The van der Waals surface area contributed by atoms with Gasteiger partial charge in [-0.05, 0) is 55.5 Å². The second kappa shape index (κ2) is 13.2. The van der Waals surface area contributed by atoms with E-state index in [1.54, 1.807) is 24.3 Å². The van der Waals surface area contributed by atoms with Crippen molar-refractivity contribution in [1.82, 2.24) is 0 Å². The molecule has 0 fully saturated rings. The normalized spacial score (nSPS) is 13.6. The Morgan fingerprint density at radius 1 is 0.385 bits per heavy atom. The third-order valence-electron chi connectivity index (χ3n) is 5.59. The van der Waals surface area contributed by atoms with Crippen molar-refractivity contribution in [3.05, 3.63) is 59.7 Å². The van der Waals surface area contributed by atoms with Gasteiger partial charge in [-0.3, -0.25) is 0 Å². The van der Waals surface area contributed by atoms with Crippen molar-refractivity contribution in [3.8, 4) is 0 Å². The zero-order chi connectivity index (χ0) is 30.1. The fourth-order valence-corrected chi connectivity index (χ4v) is 13.2. The van der Waals surface area contributed by atoms with Crippen LogP contribution in [0.25, 0.3) is 0 Å². The van der Waals surface area contributed by atoms with Crippen LogP contribution in [0.2, 0.25) is 0 Å². The predicted octanol–water partition coefficient (Wildman–Crippen LogP) is 10.8. The Hall–Kier alpha value is -0.458. The van der Waals surface area contributed by atoms with E-state index < -0.39 is 39.3 Å². The van der Waals surface area contributed by atoms with E-state index in [-0.39, 0.29) is 41.0 Å². The fraction of sp³-hybridized carbons (Fsp3) is 0.600. The number of halogens is 6. The van der Waals surface area contributed by atoms with Crippen LogP contribution in [0, 0.1) is 0 Å². The molecule has 0 N–H and O–H groups in total. The molecular formula is C30H44F6P2Pd. The molecule has 2 aromatic carbocycles. The van der Waals surface area contributed by atoms with Crippen LogP contribution in [0.1, 0.15) is 94.2 Å². The maximum Gasteiger partial charge on any atom is 0.416 e. The van der Waals surface area contributed by atoms with Crippen molar-refractivity contribution in [2.45, 2.75) is 116 Å². The van der Waals surface area contributed by atoms with Crippen molar-refractivity contribution in [1.29, 1.82) is 0 Å². The molecule has 226 valence electrons. The fourth-order valence-electron chi connectivity index (χ4n) is 5.16. The molecule has 0 nitrogen and oxygen atoms in total. The molecule has 0 unspecified atom stereocenters. The molecule has 0 saturated carbocycles. The van der Waals surface area contributed by atoms with Crippen molar-refractivity contribution in [2.75, 3.05) is 0 Å². The first-order valence-corrected chi connectivity index (χ1v) is 15.3. The van der Waals surface area contributed by atoms with Crippen LogP contribution in [0.4, 0.5) is 26.3 Å². The quantitative estimate of drug-likeness (QED) is 0.168. The average molecular weight is 687 g/mol. The molecule has 0 bridgehead atoms. The summed E-state index contributed by atoms with van der Waals surface area (Å²) in [4.78, 5) is 0. The zero-order valence-corrected chi connectivity index (χ0v) is 28.4. The standard InChI is InChI=1S/2C15H22F3P.Pd/c2*1-13(2,3)19(14(4,5)6)12-9-7-11(8-10-12)15(16,17)18;/h2*7-10H,1-6H3;. The van der Waals surface area contributed by atoms with Gasteiger partial charge in [0.05, 0.1) is 11.1 Å². The van der Waals surface area contributed by atoms with Gasteiger partial charge in [0.25, 0.3) is 0 Å². The SMILES string of the molecule is CC(C)(C)P(c1ccc(C(F)(F)F)cc1)C(C)(C)C.CC(C)(C)P(c1ccc(C(F)(F)F)cc1)C(C)(C)C.[Pd]. The molecule has 9 heteroatoms. The Morgan fingerprint density at radius 3 is 0.692 bits per heavy atom. The van der Waals surface area contributed by atoms with E-state index in [0.717, 1.165) is 10.6 Å². The smallest absolute Gasteiger partial charge is 0.166 e. The van der Waals surface area contributed by atoms with E-state index in [9.17, 15) is 26.3 Å². The minimum Gasteiger partial charge on any atom is -0.166 e. The molecule has 0 aliphatic heterocycles. The van der Waals surface area contributed by atoms with Crippen LogP contribution in [0.3, 0.4) is 0 Å². The van der Waals surface area contributed by atoms with Crippen LogP contribution >= 0.6 is 15.8 Å². The van der Waals surface area contributed by atoms with Gasteiger partial charge in [-0.25, -0.2) is 0 Å². The Balaban J connectivity index is 0.000000722. The number of rotatable bonds is 2. The first-order chi connectivity index (χ1) is 16.7. The summed E-state index contributed by atoms with van der Waals surface area (Å²) in [6.45, 7) is 25.9. The number of benzene rings is 2. The summed E-state index contributed by atoms with van der Waals surface area (Å²) in [5.41, 5.74) is -1.15. The van der Waals surface area contributed by atoms with E-state index in [0.29, 0.717) is 0 Å². The van der Waals surface area contributed by atoms with Crippen LogP contribution in [0.5, 0.6) is 0 Å². The van der Waals surface area contributed by atoms with Crippen LogP contribution < -0.4 is 10.6 Å². The molecule has 0 heterocycles. The minimum atomic E-state index is -4.26. The van der Waals surface area contributed by atoms with Crippen molar-refractivity contribution < 1.29 is 46.8 Å². The molecule has 39 heavy (non-hydrogen) atoms. The molecule has 0 aliphatic carbocycles. The molecule has 0 atom stereocenters. The summed E-state index contributed by atoms with van der Waals surface area (Å²) < 4.78 is 75.6. The summed E-state index contributed by atoms with van der Waals surface area (Å²) in [5.74, 6) is 0. The third-order valence-corrected chi connectivity index (χ3v) is 12.6. The van der Waals surface area contributed by atoms with Gasteiger partial charge in [-0.15, -0.1) is 0 Å². The van der Waals surface area contributed by atoms with Gasteiger partial charge in [-0.2, -0.15) is 26.3 Å². The Labute approximate surface area is 248 Å². The summed E-state index contributed by atoms with van der Waals surface area (Å²) >= 11 is 0. The zero-order valence-electron chi connectivity index (χ0n) is 25.1. The minimum absolute atomic E-state index is 0. The monoisotopic (exact) mass is 686 g/mol. The van der Waals surface area contributed by atoms with E-state index in [1.807, 2.05) is 0 Å². The van der Waals surface area contributed by atoms with Gasteiger partial charge in [0.2, 0.25) is 0 Å². The summed E-state index contributed by atoms with van der Waals surface area (Å²) in [5, 5.41) is 2.31. The van der Waals surface area contributed by atoms with Crippen molar-refractivity contribution in [2.24, 2.45) is 0 Å². The van der Waals surface area contributed by atoms with Crippen LogP contribution in [0.15, 0.2) is 48.5 Å². The van der Waals surface area contributed by atoms with E-state index >= 15 is 0 Å². The predicted molar refractivity (Wildman–Crippen MR) is 155 cm³/mol. The first kappa shape index (κ1) is 38.5. The Kier molecular flexibility index (Phi) is 13.1. The molecule has 2 rings (SSSR count). The number of hydrogen-bond donors (Lipinski definition) is 0. The second-order valence-electron chi connectivity index (χ2n) is 13.4. The molecular weight excluding hydrogens is 643 g/mol. The molecule has 0 aromatic heterocycles. The Bertz CT molecular complexity index is 902. The molecule has 0 spiro atoms. The van der Waals surface area contributed by atoms with E-state index in [1.165, 1.54) is 24.3 Å². The average Bonchev–Trinajstić information content (AvgIpc) is 2.63. The maximum atomic E-state index is 12.6.